The number of anilines is 1. The fraction of sp³-hybridized carbons (Fsp3) is 0.286. The number of nitrogens with two attached hydrogens (primary N) is 1. The number of aromatic carboxylic acids is 1. The summed E-state index contributed by atoms with van der Waals surface area (Å²) < 4.78 is 29.2. The number of carboxylic acid groups (broad SMARTS) is 1. The molecule has 1 fully saturated rings. The highest BCUT2D eigenvalue weighted by atomic mass is 19.2. The van der Waals surface area contributed by atoms with E-state index in [0.29, 0.717) is 0 Å². The Hall–Kier alpha value is -2.44. The second kappa shape index (κ2) is 4.28. The third-order valence-electron chi connectivity index (χ3n) is 3.79. The molecule has 1 aliphatic carbocycles. The van der Waals surface area contributed by atoms with Gasteiger partial charge in [-0.05, 0) is 19.8 Å². The van der Waals surface area contributed by atoms with Gasteiger partial charge in [-0.15, -0.1) is 0 Å². The molecule has 0 radical (unpaired) electrons. The van der Waals surface area contributed by atoms with Crippen LogP contribution in [0.1, 0.15) is 34.8 Å². The molecule has 1 aromatic carbocycles. The molecule has 110 valence electrons. The first-order chi connectivity index (χ1) is 9.84. The Labute approximate surface area is 117 Å². The van der Waals surface area contributed by atoms with Gasteiger partial charge in [0.15, 0.2) is 11.6 Å². The zero-order valence-corrected chi connectivity index (χ0v) is 11.1. The number of aryl methyl sites for hydroxylation is 1. The minimum Gasteiger partial charge on any atom is -0.477 e. The van der Waals surface area contributed by atoms with Crippen LogP contribution in [0.4, 0.5) is 14.5 Å². The number of fused-ring (bicyclic) bond motifs is 1. The number of hydrogen-bond acceptors (Lipinski definition) is 3. The predicted molar refractivity (Wildman–Crippen MR) is 72.5 cm³/mol. The van der Waals surface area contributed by atoms with Gasteiger partial charge in [0.2, 0.25) is 5.43 Å². The molecule has 0 atom stereocenters. The molecular formula is C14H12F2N2O3. The lowest BCUT2D eigenvalue weighted by Gasteiger charge is -2.16. The second-order valence-electron chi connectivity index (χ2n) is 5.21. The summed E-state index contributed by atoms with van der Waals surface area (Å²) in [5.41, 5.74) is 3.69. The van der Waals surface area contributed by atoms with Crippen molar-refractivity contribution in [1.29, 1.82) is 0 Å². The van der Waals surface area contributed by atoms with E-state index in [9.17, 15) is 18.4 Å². The maximum Gasteiger partial charge on any atom is 0.341 e. The third-order valence-corrected chi connectivity index (χ3v) is 3.79. The van der Waals surface area contributed by atoms with Crippen LogP contribution >= 0.6 is 0 Å². The Balaban J connectivity index is 2.59. The van der Waals surface area contributed by atoms with Crippen molar-refractivity contribution in [2.24, 2.45) is 0 Å². The van der Waals surface area contributed by atoms with E-state index >= 15 is 0 Å². The number of nitrogens with zero attached hydrogens (tertiary/aromatic N) is 1. The van der Waals surface area contributed by atoms with Gasteiger partial charge in [-0.1, -0.05) is 0 Å². The minimum atomic E-state index is -1.40. The van der Waals surface area contributed by atoms with Gasteiger partial charge in [-0.2, -0.15) is 0 Å². The standard InChI is InChI=1S/C14H12F2N2O3/c1-5-8-12(11(17)10(16)9(5)15)18(6-2-3-6)4-7(13(8)19)14(20)21/h4,6H,2-3,17H2,1H3,(H,20,21). The molecule has 2 aromatic rings. The smallest absolute Gasteiger partial charge is 0.341 e. The lowest BCUT2D eigenvalue weighted by molar-refractivity contribution is 0.0695. The number of hydrogen-bond donors (Lipinski definition) is 2. The fourth-order valence-electron chi connectivity index (χ4n) is 2.54. The second-order valence-corrected chi connectivity index (χ2v) is 5.21. The Kier molecular flexibility index (Phi) is 2.76. The SMILES string of the molecule is Cc1c(F)c(F)c(N)c2c1c(=O)c(C(=O)O)cn2C1CC1. The molecule has 0 aliphatic heterocycles. The van der Waals surface area contributed by atoms with Crippen molar-refractivity contribution in [3.8, 4) is 0 Å². The highest BCUT2D eigenvalue weighted by Crippen LogP contribution is 2.39. The summed E-state index contributed by atoms with van der Waals surface area (Å²) in [6.07, 6.45) is 2.71. The number of aromatic nitrogens is 1. The topological polar surface area (TPSA) is 85.3 Å². The molecule has 3 N–H and O–H groups in total. The van der Waals surface area contributed by atoms with E-state index in [2.05, 4.69) is 0 Å². The minimum absolute atomic E-state index is 0.0437. The van der Waals surface area contributed by atoms with Crippen LogP contribution in [-0.4, -0.2) is 15.6 Å². The quantitative estimate of drug-likeness (QED) is 0.831. The Morgan fingerprint density at radius 1 is 1.38 bits per heavy atom. The normalized spacial score (nSPS) is 14.6. The average Bonchev–Trinajstić information content (AvgIpc) is 3.26. The lowest BCUT2D eigenvalue weighted by atomic mass is 10.0. The highest BCUT2D eigenvalue weighted by molar-refractivity contribution is 5.98. The van der Waals surface area contributed by atoms with Crippen molar-refractivity contribution in [2.75, 3.05) is 5.73 Å². The zero-order chi connectivity index (χ0) is 15.5. The van der Waals surface area contributed by atoms with Crippen LogP contribution < -0.4 is 11.2 Å². The number of rotatable bonds is 2. The molecule has 5 nitrogen and oxygen atoms in total. The lowest BCUT2D eigenvalue weighted by Crippen LogP contribution is -2.21. The number of benzene rings is 1. The summed E-state index contributed by atoms with van der Waals surface area (Å²) >= 11 is 0. The molecule has 1 saturated carbocycles. The van der Waals surface area contributed by atoms with Crippen LogP contribution in [-0.2, 0) is 0 Å². The third kappa shape index (κ3) is 1.80. The molecule has 1 aromatic heterocycles. The summed E-state index contributed by atoms with van der Waals surface area (Å²) in [6, 6.07) is -0.0437. The molecule has 0 amide bonds. The van der Waals surface area contributed by atoms with Crippen LogP contribution in [0.25, 0.3) is 10.9 Å². The van der Waals surface area contributed by atoms with E-state index in [1.807, 2.05) is 0 Å². The summed E-state index contributed by atoms with van der Waals surface area (Å²) in [5.74, 6) is -3.84. The first-order valence-electron chi connectivity index (χ1n) is 6.39. The van der Waals surface area contributed by atoms with Crippen molar-refractivity contribution in [2.45, 2.75) is 25.8 Å². The van der Waals surface area contributed by atoms with Crippen LogP contribution in [0.5, 0.6) is 0 Å². The van der Waals surface area contributed by atoms with Crippen LogP contribution in [0.15, 0.2) is 11.0 Å². The van der Waals surface area contributed by atoms with Crippen molar-refractivity contribution in [1.82, 2.24) is 4.57 Å². The largest absolute Gasteiger partial charge is 0.477 e. The van der Waals surface area contributed by atoms with E-state index < -0.39 is 34.3 Å². The van der Waals surface area contributed by atoms with Crippen LogP contribution in [0, 0.1) is 18.6 Å². The summed E-state index contributed by atoms with van der Waals surface area (Å²) in [4.78, 5) is 23.5. The Bertz CT molecular complexity index is 854. The number of pyridine rings is 1. The number of halogens is 2. The average molecular weight is 294 g/mol. The molecule has 21 heavy (non-hydrogen) atoms. The summed E-state index contributed by atoms with van der Waals surface area (Å²) in [7, 11) is 0. The summed E-state index contributed by atoms with van der Waals surface area (Å²) in [5, 5.41) is 8.96. The molecule has 1 heterocycles. The first-order valence-corrected chi connectivity index (χ1v) is 6.39. The molecule has 1 aliphatic rings. The van der Waals surface area contributed by atoms with Gasteiger partial charge in [0.1, 0.15) is 5.56 Å². The van der Waals surface area contributed by atoms with E-state index in [0.717, 1.165) is 19.0 Å². The van der Waals surface area contributed by atoms with Gasteiger partial charge in [0.05, 0.1) is 16.6 Å². The zero-order valence-electron chi connectivity index (χ0n) is 11.1. The highest BCUT2D eigenvalue weighted by Gasteiger charge is 2.30. The molecule has 0 saturated heterocycles. The van der Waals surface area contributed by atoms with Crippen LogP contribution in [0.2, 0.25) is 0 Å². The van der Waals surface area contributed by atoms with Crippen molar-refractivity contribution >= 4 is 22.6 Å². The number of nitrogen functional groups attached to an aromatic ring is 1. The van der Waals surface area contributed by atoms with E-state index in [4.69, 9.17) is 10.8 Å². The maximum absolute atomic E-state index is 13.8. The van der Waals surface area contributed by atoms with E-state index in [-0.39, 0.29) is 22.5 Å². The molecule has 7 heteroatoms. The van der Waals surface area contributed by atoms with Crippen molar-refractivity contribution < 1.29 is 18.7 Å². The first kappa shape index (κ1) is 13.5. The monoisotopic (exact) mass is 294 g/mol. The number of carbonyl (C=O) groups is 1. The van der Waals surface area contributed by atoms with Gasteiger partial charge < -0.3 is 15.4 Å². The molecular weight excluding hydrogens is 282 g/mol. The fourth-order valence-corrected chi connectivity index (χ4v) is 2.54. The van der Waals surface area contributed by atoms with E-state index in [1.165, 1.54) is 11.5 Å². The number of carboxylic acids is 1. The van der Waals surface area contributed by atoms with Gasteiger partial charge in [-0.25, -0.2) is 13.6 Å². The Morgan fingerprint density at radius 3 is 2.52 bits per heavy atom. The molecule has 3 rings (SSSR count). The van der Waals surface area contributed by atoms with Crippen molar-refractivity contribution in [3.63, 3.8) is 0 Å². The molecule has 0 bridgehead atoms. The maximum atomic E-state index is 13.8. The Morgan fingerprint density at radius 2 is 2.00 bits per heavy atom. The van der Waals surface area contributed by atoms with Gasteiger partial charge in [-0.3, -0.25) is 4.79 Å². The van der Waals surface area contributed by atoms with Gasteiger partial charge in [0.25, 0.3) is 0 Å². The molecule has 0 unspecified atom stereocenters. The van der Waals surface area contributed by atoms with Crippen LogP contribution in [0.3, 0.4) is 0 Å². The van der Waals surface area contributed by atoms with Crippen molar-refractivity contribution in [3.05, 3.63) is 39.2 Å². The van der Waals surface area contributed by atoms with Gasteiger partial charge in [0, 0.05) is 17.8 Å². The van der Waals surface area contributed by atoms with E-state index in [1.54, 1.807) is 0 Å². The molecule has 0 spiro atoms. The van der Waals surface area contributed by atoms with Gasteiger partial charge >= 0.3 is 5.97 Å². The predicted octanol–water partition coefficient (Wildman–Crippen LogP) is 2.20. The summed E-state index contributed by atoms with van der Waals surface area (Å²) in [6.45, 7) is 1.24.